The molecule has 0 unspecified atom stereocenters. The molecule has 0 saturated heterocycles. The molecule has 0 saturated carbocycles. The van der Waals surface area contributed by atoms with Gasteiger partial charge in [0.25, 0.3) is 5.91 Å². The van der Waals surface area contributed by atoms with E-state index >= 15 is 0 Å². The van der Waals surface area contributed by atoms with Gasteiger partial charge in [-0.05, 0) is 61.1 Å². The zero-order valence-electron chi connectivity index (χ0n) is 11.7. The van der Waals surface area contributed by atoms with Gasteiger partial charge in [-0.2, -0.15) is 0 Å². The Morgan fingerprint density at radius 3 is 2.76 bits per heavy atom. The summed E-state index contributed by atoms with van der Waals surface area (Å²) in [6.07, 6.45) is 4.51. The fraction of sp³-hybridized carbons (Fsp3) is 0.235. The summed E-state index contributed by atoms with van der Waals surface area (Å²) >= 11 is 5.97. The number of nitrogens with two attached hydrogens (primary N) is 1. The summed E-state index contributed by atoms with van der Waals surface area (Å²) in [5.74, 6) is -0.157. The molecule has 4 heteroatoms. The van der Waals surface area contributed by atoms with Gasteiger partial charge in [0.05, 0.1) is 10.7 Å². The Morgan fingerprint density at radius 2 is 1.95 bits per heavy atom. The van der Waals surface area contributed by atoms with Crippen LogP contribution < -0.4 is 11.1 Å². The lowest BCUT2D eigenvalue weighted by atomic mass is 9.90. The first-order valence-corrected chi connectivity index (χ1v) is 7.50. The van der Waals surface area contributed by atoms with E-state index in [9.17, 15) is 4.79 Å². The third kappa shape index (κ3) is 2.88. The monoisotopic (exact) mass is 300 g/mol. The van der Waals surface area contributed by atoms with Gasteiger partial charge in [0.15, 0.2) is 0 Å². The van der Waals surface area contributed by atoms with Crippen molar-refractivity contribution in [2.75, 3.05) is 11.1 Å². The number of hydrogen-bond acceptors (Lipinski definition) is 2. The Bertz CT molecular complexity index is 697. The van der Waals surface area contributed by atoms with Crippen LogP contribution in [-0.4, -0.2) is 5.91 Å². The van der Waals surface area contributed by atoms with Crippen LogP contribution in [0.25, 0.3) is 0 Å². The summed E-state index contributed by atoms with van der Waals surface area (Å²) in [7, 11) is 0. The van der Waals surface area contributed by atoms with E-state index in [0.717, 1.165) is 18.5 Å². The summed E-state index contributed by atoms with van der Waals surface area (Å²) < 4.78 is 0. The number of halogens is 1. The third-order valence-electron chi connectivity index (χ3n) is 3.91. The number of hydrogen-bond donors (Lipinski definition) is 2. The van der Waals surface area contributed by atoms with Crippen LogP contribution in [0.3, 0.4) is 0 Å². The molecule has 1 aliphatic rings. The molecule has 0 spiro atoms. The summed E-state index contributed by atoms with van der Waals surface area (Å²) in [6.45, 7) is 0. The van der Waals surface area contributed by atoms with E-state index in [4.69, 9.17) is 17.3 Å². The minimum Gasteiger partial charge on any atom is -0.398 e. The number of amides is 1. The lowest BCUT2D eigenvalue weighted by Gasteiger charge is -2.19. The molecule has 2 aromatic rings. The molecule has 0 aromatic heterocycles. The van der Waals surface area contributed by atoms with Crippen molar-refractivity contribution in [1.29, 1.82) is 0 Å². The van der Waals surface area contributed by atoms with Crippen molar-refractivity contribution in [1.82, 2.24) is 0 Å². The highest BCUT2D eigenvalue weighted by Gasteiger charge is 2.15. The average Bonchev–Trinajstić information content (AvgIpc) is 2.50. The number of carbonyl (C=O) groups excluding carboxylic acids is 1. The van der Waals surface area contributed by atoms with E-state index in [1.807, 2.05) is 12.1 Å². The van der Waals surface area contributed by atoms with E-state index < -0.39 is 0 Å². The van der Waals surface area contributed by atoms with E-state index in [2.05, 4.69) is 11.4 Å². The second-order valence-electron chi connectivity index (χ2n) is 5.34. The molecule has 0 radical (unpaired) electrons. The van der Waals surface area contributed by atoms with Crippen molar-refractivity contribution in [2.45, 2.75) is 25.7 Å². The van der Waals surface area contributed by atoms with Gasteiger partial charge in [0.2, 0.25) is 0 Å². The van der Waals surface area contributed by atoms with E-state index in [1.165, 1.54) is 24.0 Å². The molecule has 1 aliphatic carbocycles. The second-order valence-corrected chi connectivity index (χ2v) is 5.75. The lowest BCUT2D eigenvalue weighted by Crippen LogP contribution is -2.15. The number of carbonyl (C=O) groups is 1. The van der Waals surface area contributed by atoms with Crippen LogP contribution >= 0.6 is 11.6 Å². The first-order valence-electron chi connectivity index (χ1n) is 7.12. The molecule has 2 aromatic carbocycles. The smallest absolute Gasteiger partial charge is 0.255 e. The van der Waals surface area contributed by atoms with Crippen LogP contribution in [0.5, 0.6) is 0 Å². The van der Waals surface area contributed by atoms with Gasteiger partial charge >= 0.3 is 0 Å². The van der Waals surface area contributed by atoms with Crippen molar-refractivity contribution in [3.8, 4) is 0 Å². The van der Waals surface area contributed by atoms with Crippen molar-refractivity contribution in [3.63, 3.8) is 0 Å². The third-order valence-corrected chi connectivity index (χ3v) is 4.23. The molecular formula is C17H17ClN2O. The molecular weight excluding hydrogens is 284 g/mol. The number of fused-ring (bicyclic) bond motifs is 1. The normalized spacial score (nSPS) is 13.6. The molecule has 0 bridgehead atoms. The standard InChI is InChI=1S/C17H17ClN2O/c18-14-10-12(8-9-15(14)19)17(21)20-16-7-3-5-11-4-1-2-6-13(11)16/h3,5,7-10H,1-2,4,6,19H2,(H,20,21). The first kappa shape index (κ1) is 14.0. The van der Waals surface area contributed by atoms with Gasteiger partial charge in [0.1, 0.15) is 0 Å². The molecule has 1 amide bonds. The number of anilines is 2. The fourth-order valence-electron chi connectivity index (χ4n) is 2.76. The maximum atomic E-state index is 12.4. The lowest BCUT2D eigenvalue weighted by molar-refractivity contribution is 0.102. The number of nitrogen functional groups attached to an aromatic ring is 1. The molecule has 0 heterocycles. The van der Waals surface area contributed by atoms with Crippen molar-refractivity contribution >= 4 is 28.9 Å². The van der Waals surface area contributed by atoms with Gasteiger partial charge in [-0.25, -0.2) is 0 Å². The minimum absolute atomic E-state index is 0.157. The number of nitrogens with one attached hydrogen (secondary N) is 1. The highest BCUT2D eigenvalue weighted by molar-refractivity contribution is 6.33. The Morgan fingerprint density at radius 1 is 1.14 bits per heavy atom. The summed E-state index contributed by atoms with van der Waals surface area (Å²) in [4.78, 5) is 12.4. The Labute approximate surface area is 129 Å². The number of rotatable bonds is 2. The van der Waals surface area contributed by atoms with Gasteiger partial charge in [-0.15, -0.1) is 0 Å². The molecule has 21 heavy (non-hydrogen) atoms. The number of aryl methyl sites for hydroxylation is 1. The molecule has 0 atom stereocenters. The fourth-order valence-corrected chi connectivity index (χ4v) is 2.94. The molecule has 3 N–H and O–H groups in total. The van der Waals surface area contributed by atoms with Crippen molar-refractivity contribution < 1.29 is 4.79 Å². The topological polar surface area (TPSA) is 55.1 Å². The Balaban J connectivity index is 1.86. The van der Waals surface area contributed by atoms with Crippen LogP contribution in [0.2, 0.25) is 5.02 Å². The van der Waals surface area contributed by atoms with E-state index in [-0.39, 0.29) is 5.91 Å². The van der Waals surface area contributed by atoms with Crippen LogP contribution in [-0.2, 0) is 12.8 Å². The van der Waals surface area contributed by atoms with Gasteiger partial charge in [0, 0.05) is 11.3 Å². The zero-order valence-corrected chi connectivity index (χ0v) is 12.4. The summed E-state index contributed by atoms with van der Waals surface area (Å²) in [6, 6.07) is 11.0. The van der Waals surface area contributed by atoms with E-state index in [1.54, 1.807) is 18.2 Å². The quantitative estimate of drug-likeness (QED) is 0.822. The maximum Gasteiger partial charge on any atom is 0.255 e. The Hall–Kier alpha value is -2.00. The van der Waals surface area contributed by atoms with Crippen LogP contribution in [0, 0.1) is 0 Å². The second kappa shape index (κ2) is 5.78. The van der Waals surface area contributed by atoms with Crippen LogP contribution in [0.4, 0.5) is 11.4 Å². The van der Waals surface area contributed by atoms with Gasteiger partial charge in [-0.1, -0.05) is 23.7 Å². The first-order chi connectivity index (χ1) is 10.1. The highest BCUT2D eigenvalue weighted by atomic mass is 35.5. The Kier molecular flexibility index (Phi) is 3.84. The molecule has 0 fully saturated rings. The predicted molar refractivity (Wildman–Crippen MR) is 86.9 cm³/mol. The molecule has 108 valence electrons. The SMILES string of the molecule is Nc1ccc(C(=O)Nc2cccc3c2CCCC3)cc1Cl. The van der Waals surface area contributed by atoms with Crippen LogP contribution in [0.15, 0.2) is 36.4 Å². The largest absolute Gasteiger partial charge is 0.398 e. The molecule has 0 aliphatic heterocycles. The number of benzene rings is 2. The predicted octanol–water partition coefficient (Wildman–Crippen LogP) is 4.05. The molecule has 3 nitrogen and oxygen atoms in total. The molecule has 3 rings (SSSR count). The minimum atomic E-state index is -0.157. The van der Waals surface area contributed by atoms with E-state index in [0.29, 0.717) is 16.3 Å². The average molecular weight is 301 g/mol. The summed E-state index contributed by atoms with van der Waals surface area (Å²) in [5.41, 5.74) is 10.2. The van der Waals surface area contributed by atoms with Crippen molar-refractivity contribution in [3.05, 3.63) is 58.1 Å². The van der Waals surface area contributed by atoms with Crippen molar-refractivity contribution in [2.24, 2.45) is 0 Å². The zero-order chi connectivity index (χ0) is 14.8. The maximum absolute atomic E-state index is 12.4. The highest BCUT2D eigenvalue weighted by Crippen LogP contribution is 2.28. The van der Waals surface area contributed by atoms with Crippen LogP contribution in [0.1, 0.15) is 34.3 Å². The van der Waals surface area contributed by atoms with Gasteiger partial charge in [-0.3, -0.25) is 4.79 Å². The van der Waals surface area contributed by atoms with Gasteiger partial charge < -0.3 is 11.1 Å². The summed E-state index contributed by atoms with van der Waals surface area (Å²) in [5, 5.41) is 3.40.